The maximum absolute atomic E-state index is 4.65. The van der Waals surface area contributed by atoms with Gasteiger partial charge in [0.25, 0.3) is 0 Å². The number of rotatable bonds is 8. The van der Waals surface area contributed by atoms with Crippen molar-refractivity contribution in [2.45, 2.75) is 45.7 Å². The molecule has 0 amide bonds. The number of hydrogen-bond donors (Lipinski definition) is 1. The molecule has 2 heterocycles. The van der Waals surface area contributed by atoms with E-state index in [1.54, 1.807) is 11.3 Å². The fourth-order valence-corrected chi connectivity index (χ4v) is 3.73. The first kappa shape index (κ1) is 15.7. The van der Waals surface area contributed by atoms with Crippen LogP contribution in [0, 0.1) is 0 Å². The zero-order valence-electron chi connectivity index (χ0n) is 12.1. The third-order valence-electron chi connectivity index (χ3n) is 3.46. The number of aromatic nitrogens is 2. The molecular weight excluding hydrogens is 334 g/mol. The number of nitrogens with one attached hydrogen (secondary N) is 1. The molecule has 2 aromatic heterocycles. The minimum atomic E-state index is 0.534. The van der Waals surface area contributed by atoms with E-state index < -0.39 is 0 Å². The van der Waals surface area contributed by atoms with Crippen LogP contribution < -0.4 is 5.32 Å². The fraction of sp³-hybridized carbons (Fsp3) is 0.533. The zero-order chi connectivity index (χ0) is 14.4. The van der Waals surface area contributed by atoms with Gasteiger partial charge in [0.2, 0.25) is 0 Å². The molecule has 0 saturated carbocycles. The van der Waals surface area contributed by atoms with Crippen molar-refractivity contribution >= 4 is 27.3 Å². The summed E-state index contributed by atoms with van der Waals surface area (Å²) in [7, 11) is 0. The number of nitrogens with zero attached hydrogens (tertiary/aromatic N) is 2. The van der Waals surface area contributed by atoms with Gasteiger partial charge in [0.05, 0.1) is 15.5 Å². The Morgan fingerprint density at radius 3 is 2.75 bits per heavy atom. The first-order valence-electron chi connectivity index (χ1n) is 7.21. The van der Waals surface area contributed by atoms with Crippen LogP contribution in [0.1, 0.15) is 43.3 Å². The van der Waals surface area contributed by atoms with Crippen LogP contribution in [0.5, 0.6) is 0 Å². The second-order valence-electron chi connectivity index (χ2n) is 4.89. The Kier molecular flexibility index (Phi) is 6.26. The first-order valence-corrected chi connectivity index (χ1v) is 8.82. The summed E-state index contributed by atoms with van der Waals surface area (Å²) in [4.78, 5) is 1.41. The van der Waals surface area contributed by atoms with E-state index in [9.17, 15) is 0 Å². The summed E-state index contributed by atoms with van der Waals surface area (Å²) < 4.78 is 3.31. The zero-order valence-corrected chi connectivity index (χ0v) is 14.5. The fourth-order valence-electron chi connectivity index (χ4n) is 2.25. The van der Waals surface area contributed by atoms with Gasteiger partial charge < -0.3 is 5.32 Å². The largest absolute Gasteiger partial charge is 0.311 e. The van der Waals surface area contributed by atoms with Gasteiger partial charge in [-0.3, -0.25) is 4.68 Å². The molecule has 2 rings (SSSR count). The Morgan fingerprint density at radius 1 is 1.30 bits per heavy atom. The summed E-state index contributed by atoms with van der Waals surface area (Å²) in [6, 6.07) is 6.94. The molecule has 2 aromatic rings. The first-order chi connectivity index (χ1) is 9.72. The molecule has 0 fully saturated rings. The number of hydrogen-bond acceptors (Lipinski definition) is 3. The Morgan fingerprint density at radius 2 is 2.10 bits per heavy atom. The standard InChI is InChI=1S/C15H22BrN3S/c1-3-13(4-2)19-10-8-12(18-19)11-17-9-7-14-5-6-15(16)20-14/h5-6,8,10,13,17H,3-4,7,9,11H2,1-2H3. The topological polar surface area (TPSA) is 29.9 Å². The summed E-state index contributed by atoms with van der Waals surface area (Å²) in [5.74, 6) is 0. The highest BCUT2D eigenvalue weighted by Crippen LogP contribution is 2.22. The van der Waals surface area contributed by atoms with E-state index in [0.717, 1.165) is 38.0 Å². The molecule has 5 heteroatoms. The van der Waals surface area contributed by atoms with Gasteiger partial charge in [0.15, 0.2) is 0 Å². The van der Waals surface area contributed by atoms with Crippen LogP contribution in [0.4, 0.5) is 0 Å². The van der Waals surface area contributed by atoms with Crippen molar-refractivity contribution in [3.05, 3.63) is 38.8 Å². The third-order valence-corrected chi connectivity index (χ3v) is 5.15. The monoisotopic (exact) mass is 355 g/mol. The van der Waals surface area contributed by atoms with Gasteiger partial charge in [0, 0.05) is 24.2 Å². The summed E-state index contributed by atoms with van der Waals surface area (Å²) >= 11 is 5.30. The molecule has 0 saturated heterocycles. The third kappa shape index (κ3) is 4.43. The SMILES string of the molecule is CCC(CC)n1ccc(CNCCc2ccc(Br)s2)n1. The molecule has 110 valence electrons. The van der Waals surface area contributed by atoms with E-state index in [4.69, 9.17) is 0 Å². The van der Waals surface area contributed by atoms with Crippen molar-refractivity contribution < 1.29 is 0 Å². The predicted octanol–water partition coefficient (Wildman–Crippen LogP) is 4.40. The molecule has 3 nitrogen and oxygen atoms in total. The molecule has 20 heavy (non-hydrogen) atoms. The second kappa shape index (κ2) is 7.96. The molecule has 1 N–H and O–H groups in total. The van der Waals surface area contributed by atoms with E-state index in [0.29, 0.717) is 6.04 Å². The van der Waals surface area contributed by atoms with Gasteiger partial charge in [-0.2, -0.15) is 5.10 Å². The summed E-state index contributed by atoms with van der Waals surface area (Å²) in [6.45, 7) is 6.27. The lowest BCUT2D eigenvalue weighted by molar-refractivity contribution is 0.424. The van der Waals surface area contributed by atoms with Crippen molar-refractivity contribution in [3.8, 4) is 0 Å². The highest BCUT2D eigenvalue weighted by atomic mass is 79.9. The quantitative estimate of drug-likeness (QED) is 0.711. The minimum Gasteiger partial charge on any atom is -0.311 e. The number of halogens is 1. The van der Waals surface area contributed by atoms with Gasteiger partial charge in [-0.25, -0.2) is 0 Å². The van der Waals surface area contributed by atoms with Gasteiger partial charge in [-0.1, -0.05) is 13.8 Å². The van der Waals surface area contributed by atoms with Gasteiger partial charge in [-0.05, 0) is 53.4 Å². The molecule has 0 unspecified atom stereocenters. The summed E-state index contributed by atoms with van der Waals surface area (Å²) in [6.07, 6.45) is 5.45. The lowest BCUT2D eigenvalue weighted by atomic mass is 10.2. The van der Waals surface area contributed by atoms with E-state index in [-0.39, 0.29) is 0 Å². The molecule has 0 atom stereocenters. The van der Waals surface area contributed by atoms with Crippen LogP contribution in [0.3, 0.4) is 0 Å². The molecule has 0 bridgehead atoms. The molecule has 0 radical (unpaired) electrons. The Balaban J connectivity index is 1.74. The molecule has 0 spiro atoms. The maximum atomic E-state index is 4.65. The summed E-state index contributed by atoms with van der Waals surface area (Å²) in [5, 5.41) is 8.11. The Labute approximate surface area is 133 Å². The lowest BCUT2D eigenvalue weighted by Gasteiger charge is -2.12. The van der Waals surface area contributed by atoms with Gasteiger partial charge >= 0.3 is 0 Å². The van der Waals surface area contributed by atoms with Gasteiger partial charge in [-0.15, -0.1) is 11.3 Å². The Bertz CT molecular complexity index is 517. The van der Waals surface area contributed by atoms with E-state index >= 15 is 0 Å². The summed E-state index contributed by atoms with van der Waals surface area (Å²) in [5.41, 5.74) is 1.13. The van der Waals surface area contributed by atoms with Crippen molar-refractivity contribution in [2.75, 3.05) is 6.54 Å². The normalized spacial score (nSPS) is 11.4. The second-order valence-corrected chi connectivity index (χ2v) is 7.44. The smallest absolute Gasteiger partial charge is 0.0762 e. The van der Waals surface area contributed by atoms with Crippen LogP contribution >= 0.6 is 27.3 Å². The molecule has 0 aliphatic carbocycles. The minimum absolute atomic E-state index is 0.534. The van der Waals surface area contributed by atoms with Crippen LogP contribution in [0.25, 0.3) is 0 Å². The van der Waals surface area contributed by atoms with Crippen molar-refractivity contribution in [1.29, 1.82) is 0 Å². The van der Waals surface area contributed by atoms with E-state index in [1.807, 2.05) is 0 Å². The van der Waals surface area contributed by atoms with Crippen molar-refractivity contribution in [3.63, 3.8) is 0 Å². The van der Waals surface area contributed by atoms with Crippen LogP contribution in [-0.4, -0.2) is 16.3 Å². The molecular formula is C15H22BrN3S. The van der Waals surface area contributed by atoms with Crippen LogP contribution in [-0.2, 0) is 13.0 Å². The lowest BCUT2D eigenvalue weighted by Crippen LogP contribution is -2.17. The van der Waals surface area contributed by atoms with Crippen molar-refractivity contribution in [1.82, 2.24) is 15.1 Å². The van der Waals surface area contributed by atoms with E-state index in [1.165, 1.54) is 8.66 Å². The predicted molar refractivity (Wildman–Crippen MR) is 89.3 cm³/mol. The van der Waals surface area contributed by atoms with E-state index in [2.05, 4.69) is 69.3 Å². The highest BCUT2D eigenvalue weighted by molar-refractivity contribution is 9.11. The van der Waals surface area contributed by atoms with Crippen LogP contribution in [0.15, 0.2) is 28.2 Å². The molecule has 0 aliphatic heterocycles. The average Bonchev–Trinajstić information content (AvgIpc) is 3.06. The molecule has 0 aromatic carbocycles. The van der Waals surface area contributed by atoms with Crippen molar-refractivity contribution in [2.24, 2.45) is 0 Å². The highest BCUT2D eigenvalue weighted by Gasteiger charge is 2.07. The molecule has 0 aliphatic rings. The van der Waals surface area contributed by atoms with Gasteiger partial charge in [0.1, 0.15) is 0 Å². The Hall–Kier alpha value is -0.650. The average molecular weight is 356 g/mol. The van der Waals surface area contributed by atoms with Crippen LogP contribution in [0.2, 0.25) is 0 Å². The maximum Gasteiger partial charge on any atom is 0.0762 e. The number of thiophene rings is 1.